The van der Waals surface area contributed by atoms with E-state index in [-0.39, 0.29) is 0 Å². The van der Waals surface area contributed by atoms with Gasteiger partial charge >= 0.3 is 0 Å². The van der Waals surface area contributed by atoms with E-state index in [9.17, 15) is 0 Å². The lowest BCUT2D eigenvalue weighted by Gasteiger charge is -2.41. The van der Waals surface area contributed by atoms with Gasteiger partial charge in [-0.3, -0.25) is 0 Å². The Hall–Kier alpha value is -1.05. The van der Waals surface area contributed by atoms with E-state index in [4.69, 9.17) is 0 Å². The number of hydrogen-bond donors (Lipinski definition) is 0. The monoisotopic (exact) mass is 532 g/mol. The Morgan fingerprint density at radius 2 is 1.16 bits per heavy atom. The molecule has 2 fully saturated rings. The molecule has 1 aromatic rings. The molecule has 4 unspecified atom stereocenters. The first kappa shape index (κ1) is 28.9. The molecule has 4 atom stereocenters. The van der Waals surface area contributed by atoms with E-state index in [2.05, 4.69) is 131 Å². The summed E-state index contributed by atoms with van der Waals surface area (Å²) >= 11 is 0. The topological polar surface area (TPSA) is 0 Å². The normalized spacial score (nSPS) is 26.4. The molecule has 4 rings (SSSR count). The molecule has 3 aliphatic rings. The van der Waals surface area contributed by atoms with Crippen molar-refractivity contribution in [3.8, 4) is 11.5 Å². The summed E-state index contributed by atoms with van der Waals surface area (Å²) in [7, 11) is -3.36. The second-order valence-corrected chi connectivity index (χ2v) is 26.3. The lowest BCUT2D eigenvalue weighted by molar-refractivity contribution is 0.441. The summed E-state index contributed by atoms with van der Waals surface area (Å²) in [4.78, 5) is 0. The fourth-order valence-electron chi connectivity index (χ4n) is 10.1. The smallest absolute Gasteiger partial charge is 0.130 e. The molecule has 1 spiro atoms. The van der Waals surface area contributed by atoms with Crippen LogP contribution in [0.25, 0.3) is 0 Å². The van der Waals surface area contributed by atoms with Crippen molar-refractivity contribution in [3.63, 3.8) is 0 Å². The van der Waals surface area contributed by atoms with Gasteiger partial charge in [0.15, 0.2) is 0 Å². The van der Waals surface area contributed by atoms with Crippen LogP contribution in [0.1, 0.15) is 119 Å². The van der Waals surface area contributed by atoms with Crippen LogP contribution in [0.2, 0.25) is 33.2 Å². The predicted molar refractivity (Wildman–Crippen MR) is 170 cm³/mol. The molecule has 37 heavy (non-hydrogen) atoms. The van der Waals surface area contributed by atoms with Crippen molar-refractivity contribution in [1.29, 1.82) is 0 Å². The lowest BCUT2D eigenvalue weighted by Crippen LogP contribution is -2.43. The average molecular weight is 533 g/mol. The number of rotatable bonds is 8. The molecule has 0 aliphatic heterocycles. The van der Waals surface area contributed by atoms with E-state index in [0.717, 1.165) is 16.6 Å². The largest absolute Gasteiger partial charge is 0.145 e. The molecule has 0 amide bonds. The van der Waals surface area contributed by atoms with Gasteiger partial charge in [0.2, 0.25) is 0 Å². The first-order chi connectivity index (χ1) is 17.3. The van der Waals surface area contributed by atoms with Crippen molar-refractivity contribution in [2.45, 2.75) is 141 Å². The zero-order valence-corrected chi connectivity index (χ0v) is 28.2. The first-order valence-electron chi connectivity index (χ1n) is 15.6. The van der Waals surface area contributed by atoms with Crippen LogP contribution in [0, 0.1) is 28.7 Å². The van der Waals surface area contributed by atoms with Crippen LogP contribution in [0.15, 0.2) is 36.0 Å². The van der Waals surface area contributed by atoms with Crippen LogP contribution in [0.5, 0.6) is 0 Å². The number of benzene rings is 1. The van der Waals surface area contributed by atoms with Gasteiger partial charge in [-0.2, -0.15) is 0 Å². The molecule has 0 nitrogen and oxygen atoms in total. The second kappa shape index (κ2) is 10.2. The summed E-state index contributed by atoms with van der Waals surface area (Å²) in [6, 6.07) is 9.51. The summed E-state index contributed by atoms with van der Waals surface area (Å²) in [6.45, 7) is 29.8. The van der Waals surface area contributed by atoms with Crippen LogP contribution < -0.4 is 0 Å². The first-order valence-corrected chi connectivity index (χ1v) is 20.1. The minimum Gasteiger partial charge on any atom is -0.130 e. The minimum absolute atomic E-state index is 0.486. The molecule has 0 saturated heterocycles. The minimum atomic E-state index is -1.76. The van der Waals surface area contributed by atoms with Gasteiger partial charge in [0.25, 0.3) is 0 Å². The number of fused-ring (bicyclic) bond motifs is 3. The maximum Gasteiger partial charge on any atom is 0.145 e. The van der Waals surface area contributed by atoms with Crippen LogP contribution in [-0.2, 0) is 0 Å². The molecule has 0 N–H and O–H groups in total. The Morgan fingerprint density at radius 3 is 1.57 bits per heavy atom. The fraction of sp³-hybridized carbons (Fsp3) is 0.714. The molecule has 2 heteroatoms. The van der Waals surface area contributed by atoms with Gasteiger partial charge in [-0.15, -0.1) is 11.5 Å². The molecule has 0 radical (unpaired) electrons. The quantitative estimate of drug-likeness (QED) is 0.231. The van der Waals surface area contributed by atoms with Crippen molar-refractivity contribution < 1.29 is 0 Å². The molecule has 2 saturated carbocycles. The van der Waals surface area contributed by atoms with E-state index >= 15 is 0 Å². The number of allylic oxidation sites excluding steroid dienone is 1. The van der Waals surface area contributed by atoms with Gasteiger partial charge in [0, 0.05) is 11.8 Å². The van der Waals surface area contributed by atoms with Gasteiger partial charge in [0.05, 0.1) is 8.07 Å². The Morgan fingerprint density at radius 1 is 0.703 bits per heavy atom. The highest BCUT2D eigenvalue weighted by atomic mass is 28.3. The highest BCUT2D eigenvalue weighted by molar-refractivity contribution is 6.90. The van der Waals surface area contributed by atoms with Crippen LogP contribution in [0.3, 0.4) is 0 Å². The molecule has 3 aliphatic carbocycles. The van der Waals surface area contributed by atoms with Gasteiger partial charge in [-0.1, -0.05) is 119 Å². The molecule has 1 aromatic carbocycles. The molecule has 0 aromatic heterocycles. The number of hydrogen-bond acceptors (Lipinski definition) is 0. The third-order valence-corrected chi connectivity index (χ3v) is 24.9. The van der Waals surface area contributed by atoms with Gasteiger partial charge in [-0.25, -0.2) is 0 Å². The third-order valence-electron chi connectivity index (χ3n) is 11.8. The zero-order valence-electron chi connectivity index (χ0n) is 26.2. The van der Waals surface area contributed by atoms with Crippen molar-refractivity contribution in [2.24, 2.45) is 17.3 Å². The Kier molecular flexibility index (Phi) is 7.96. The van der Waals surface area contributed by atoms with Crippen molar-refractivity contribution in [1.82, 2.24) is 0 Å². The summed E-state index contributed by atoms with van der Waals surface area (Å²) in [6.07, 6.45) is 5.58. The Balaban J connectivity index is 1.87. The molecule has 204 valence electrons. The van der Waals surface area contributed by atoms with E-state index in [1.54, 1.807) is 11.1 Å². The van der Waals surface area contributed by atoms with Crippen molar-refractivity contribution in [2.75, 3.05) is 0 Å². The van der Waals surface area contributed by atoms with Crippen LogP contribution in [0.4, 0.5) is 0 Å². The van der Waals surface area contributed by atoms with Gasteiger partial charge in [0.1, 0.15) is 8.07 Å². The summed E-state index contributed by atoms with van der Waals surface area (Å²) in [5, 5.41) is 0. The Labute approximate surface area is 232 Å². The second-order valence-electron chi connectivity index (χ2n) is 14.9. The Bertz CT molecular complexity index is 1010. The van der Waals surface area contributed by atoms with E-state index in [1.165, 1.54) is 12.8 Å². The lowest BCUT2D eigenvalue weighted by atomic mass is 9.76. The van der Waals surface area contributed by atoms with Crippen LogP contribution in [-0.4, -0.2) is 16.1 Å². The van der Waals surface area contributed by atoms with E-state index in [0.29, 0.717) is 45.7 Å². The SMILES string of the molecule is CC(C)[Si](C#CC1C(/C=C/[Si](C(C)C)(C(C)C)C(C)C)C2c3ccccc3C1C21CC1)(C(C)C)C(C)C. The van der Waals surface area contributed by atoms with Gasteiger partial charge < -0.3 is 0 Å². The maximum atomic E-state index is 4.22. The molecular formula is C35H56Si2. The highest BCUT2D eigenvalue weighted by Gasteiger charge is 2.70. The molecular weight excluding hydrogens is 477 g/mol. The standard InChI is InChI=1S/C35H56Si2/c1-23(2)36(24(3)4,25(5)6)21-17-31-32(18-22-37(26(7)8,27(9)10)28(11)12)34-30-16-14-13-15-29(30)33(31)35(34)19-20-35/h13-17,21,23-28,31-34H,19-20H2,1-12H3/b21-17+. The van der Waals surface area contributed by atoms with Crippen molar-refractivity contribution in [3.05, 3.63) is 47.2 Å². The maximum absolute atomic E-state index is 4.22. The summed E-state index contributed by atoms with van der Waals surface area (Å²) in [5.41, 5.74) is 15.2. The van der Waals surface area contributed by atoms with E-state index < -0.39 is 16.1 Å². The summed E-state index contributed by atoms with van der Waals surface area (Å²) in [5.74, 6) is 6.57. The molecule has 0 heterocycles. The zero-order chi connectivity index (χ0) is 27.5. The summed E-state index contributed by atoms with van der Waals surface area (Å²) < 4.78 is 0. The average Bonchev–Trinajstić information content (AvgIpc) is 3.47. The fourth-order valence-corrected chi connectivity index (χ4v) is 21.1. The van der Waals surface area contributed by atoms with Crippen LogP contribution >= 0.6 is 0 Å². The third kappa shape index (κ3) is 4.21. The van der Waals surface area contributed by atoms with Crippen molar-refractivity contribution >= 4 is 16.1 Å². The molecule has 2 bridgehead atoms. The van der Waals surface area contributed by atoms with Gasteiger partial charge in [-0.05, 0) is 74.5 Å². The predicted octanol–water partition coefficient (Wildman–Crippen LogP) is 10.9. The highest BCUT2D eigenvalue weighted by Crippen LogP contribution is 2.79. The van der Waals surface area contributed by atoms with E-state index in [1.807, 2.05) is 0 Å².